The summed E-state index contributed by atoms with van der Waals surface area (Å²) in [6.07, 6.45) is 19.2. The van der Waals surface area contributed by atoms with E-state index < -0.39 is 0 Å². The smallest absolute Gasteiger partial charge is 0.305 e. The fraction of sp³-hybridized carbons (Fsp3) is 0.760. The summed E-state index contributed by atoms with van der Waals surface area (Å²) in [6.45, 7) is 4.45. The quantitative estimate of drug-likeness (QED) is 0.249. The fourth-order valence-corrected chi connectivity index (χ4v) is 4.73. The predicted octanol–water partition coefficient (Wildman–Crippen LogP) is 5.54. The highest BCUT2D eigenvalue weighted by Crippen LogP contribution is 2.48. The Labute approximate surface area is 176 Å². The third-order valence-electron chi connectivity index (χ3n) is 6.81. The highest BCUT2D eigenvalue weighted by Gasteiger charge is 2.41. The molecule has 0 radical (unpaired) electrons. The predicted molar refractivity (Wildman–Crippen MR) is 116 cm³/mol. The van der Waals surface area contributed by atoms with Crippen molar-refractivity contribution in [2.75, 3.05) is 6.61 Å². The first kappa shape index (κ1) is 23.9. The minimum atomic E-state index is -0.377. The zero-order valence-electron chi connectivity index (χ0n) is 18.4. The van der Waals surface area contributed by atoms with Crippen LogP contribution in [0, 0.1) is 17.3 Å². The Balaban J connectivity index is 1.79. The molecule has 2 rings (SSSR count). The lowest BCUT2D eigenvalue weighted by molar-refractivity contribution is -0.143. The summed E-state index contributed by atoms with van der Waals surface area (Å²) < 4.78 is 4.93. The van der Waals surface area contributed by atoms with Crippen LogP contribution in [0.15, 0.2) is 24.3 Å². The summed E-state index contributed by atoms with van der Waals surface area (Å²) in [7, 11) is 0. The number of Topliss-reactive ketones (excluding diaryl/α,β-unsaturated/α-hetero) is 1. The summed E-state index contributed by atoms with van der Waals surface area (Å²) in [6, 6.07) is 0. The number of ether oxygens (including phenoxy) is 1. The van der Waals surface area contributed by atoms with Gasteiger partial charge in [-0.25, -0.2) is 0 Å². The fourth-order valence-electron chi connectivity index (χ4n) is 4.73. The molecule has 0 heterocycles. The number of carbonyl (C=O) groups is 2. The molecular weight excluding hydrogens is 364 g/mol. The van der Waals surface area contributed by atoms with Crippen molar-refractivity contribution in [1.29, 1.82) is 0 Å². The lowest BCUT2D eigenvalue weighted by Crippen LogP contribution is -2.40. The van der Waals surface area contributed by atoms with E-state index in [-0.39, 0.29) is 29.3 Å². The number of unbranched alkanes of at least 4 members (excludes halogenated alkanes) is 2. The molecule has 3 atom stereocenters. The molecule has 4 heteroatoms. The Hall–Kier alpha value is -1.42. The van der Waals surface area contributed by atoms with Crippen LogP contribution in [0.5, 0.6) is 0 Å². The maximum absolute atomic E-state index is 12.3. The largest absolute Gasteiger partial charge is 0.466 e. The monoisotopic (exact) mass is 404 g/mol. The van der Waals surface area contributed by atoms with Crippen LogP contribution in [-0.4, -0.2) is 29.6 Å². The second-order valence-electron chi connectivity index (χ2n) is 8.83. The van der Waals surface area contributed by atoms with Crippen molar-refractivity contribution in [2.45, 2.75) is 97.0 Å². The molecule has 1 unspecified atom stereocenters. The third kappa shape index (κ3) is 7.09. The van der Waals surface area contributed by atoms with E-state index in [2.05, 4.69) is 25.2 Å². The summed E-state index contributed by atoms with van der Waals surface area (Å²) in [5, 5.41) is 10.8. The number of esters is 1. The van der Waals surface area contributed by atoms with Crippen LogP contribution < -0.4 is 0 Å². The SMILES string of the molecule is CCCCC1([C@@H](O)/C=C/C2CCC(=O)[C@@H]2C/C=C\CCCC(=O)OCC)CCC1. The van der Waals surface area contributed by atoms with Crippen LogP contribution in [0.25, 0.3) is 0 Å². The first-order valence-corrected chi connectivity index (χ1v) is 11.7. The van der Waals surface area contributed by atoms with Gasteiger partial charge in [0.05, 0.1) is 12.7 Å². The van der Waals surface area contributed by atoms with E-state index in [0.29, 0.717) is 25.2 Å². The molecule has 2 fully saturated rings. The average Bonchev–Trinajstić information content (AvgIpc) is 3.02. The lowest BCUT2D eigenvalue weighted by Gasteiger charge is -2.45. The van der Waals surface area contributed by atoms with Gasteiger partial charge in [0.1, 0.15) is 5.78 Å². The molecule has 0 bridgehead atoms. The van der Waals surface area contributed by atoms with E-state index in [1.165, 1.54) is 19.3 Å². The zero-order chi connectivity index (χ0) is 21.1. The van der Waals surface area contributed by atoms with Crippen molar-refractivity contribution in [3.05, 3.63) is 24.3 Å². The van der Waals surface area contributed by atoms with E-state index in [1.54, 1.807) is 0 Å². The average molecular weight is 405 g/mol. The Kier molecular flexibility index (Phi) is 10.1. The highest BCUT2D eigenvalue weighted by molar-refractivity contribution is 5.83. The second-order valence-corrected chi connectivity index (χ2v) is 8.83. The molecule has 2 aliphatic rings. The number of rotatable bonds is 13. The van der Waals surface area contributed by atoms with Crippen LogP contribution >= 0.6 is 0 Å². The van der Waals surface area contributed by atoms with E-state index >= 15 is 0 Å². The number of hydrogen-bond donors (Lipinski definition) is 1. The molecular formula is C25H40O4. The van der Waals surface area contributed by atoms with Gasteiger partial charge in [-0.15, -0.1) is 0 Å². The molecule has 1 N–H and O–H groups in total. The zero-order valence-corrected chi connectivity index (χ0v) is 18.4. The summed E-state index contributed by atoms with van der Waals surface area (Å²) in [4.78, 5) is 23.7. The molecule has 4 nitrogen and oxygen atoms in total. The van der Waals surface area contributed by atoms with Crippen LogP contribution in [0.3, 0.4) is 0 Å². The van der Waals surface area contributed by atoms with Crippen molar-refractivity contribution in [3.8, 4) is 0 Å². The third-order valence-corrected chi connectivity index (χ3v) is 6.81. The topological polar surface area (TPSA) is 63.6 Å². The molecule has 0 aromatic carbocycles. The van der Waals surface area contributed by atoms with Crippen LogP contribution in [0.1, 0.15) is 90.9 Å². The molecule has 0 saturated heterocycles. The van der Waals surface area contributed by atoms with E-state index in [0.717, 1.165) is 44.9 Å². The van der Waals surface area contributed by atoms with Gasteiger partial charge >= 0.3 is 5.97 Å². The first-order chi connectivity index (χ1) is 14.0. The summed E-state index contributed by atoms with van der Waals surface area (Å²) in [5.74, 6) is 0.478. The maximum Gasteiger partial charge on any atom is 0.305 e. The van der Waals surface area contributed by atoms with Crippen molar-refractivity contribution in [2.24, 2.45) is 17.3 Å². The van der Waals surface area contributed by atoms with Gasteiger partial charge < -0.3 is 9.84 Å². The number of hydrogen-bond acceptors (Lipinski definition) is 4. The minimum Gasteiger partial charge on any atom is -0.466 e. The number of aliphatic hydroxyl groups excluding tert-OH is 1. The number of ketones is 1. The van der Waals surface area contributed by atoms with Gasteiger partial charge in [0, 0.05) is 18.8 Å². The first-order valence-electron chi connectivity index (χ1n) is 11.7. The van der Waals surface area contributed by atoms with Gasteiger partial charge in [0.25, 0.3) is 0 Å². The molecule has 2 aliphatic carbocycles. The molecule has 0 spiro atoms. The van der Waals surface area contributed by atoms with Gasteiger partial charge in [0.2, 0.25) is 0 Å². The van der Waals surface area contributed by atoms with Crippen molar-refractivity contribution < 1.29 is 19.4 Å². The molecule has 0 amide bonds. The normalized spacial score (nSPS) is 24.9. The van der Waals surface area contributed by atoms with E-state index in [4.69, 9.17) is 4.74 Å². The Morgan fingerprint density at radius 1 is 1.28 bits per heavy atom. The lowest BCUT2D eigenvalue weighted by atomic mass is 9.62. The standard InChI is InChI=1S/C25H40O4/c1-3-5-17-25(18-10-19-25)23(27)16-14-20-13-15-22(26)21(20)11-8-6-7-9-12-24(28)29-4-2/h6,8,14,16,20-21,23,27H,3-5,7,9-13,15,17-19H2,1-2H3/b8-6-,16-14+/t20?,21-,23+/m1/s1. The second kappa shape index (κ2) is 12.3. The summed E-state index contributed by atoms with van der Waals surface area (Å²) in [5.41, 5.74) is 0.0868. The van der Waals surface area contributed by atoms with Gasteiger partial charge in [-0.2, -0.15) is 0 Å². The number of allylic oxidation sites excluding steroid dienone is 3. The minimum absolute atomic E-state index is 0.0349. The number of carbonyl (C=O) groups excluding carboxylic acids is 2. The van der Waals surface area contributed by atoms with Gasteiger partial charge in [0.15, 0.2) is 0 Å². The van der Waals surface area contributed by atoms with E-state index in [9.17, 15) is 14.7 Å². The highest BCUT2D eigenvalue weighted by atomic mass is 16.5. The molecule has 0 aromatic rings. The molecule has 164 valence electrons. The Morgan fingerprint density at radius 3 is 2.72 bits per heavy atom. The Morgan fingerprint density at radius 2 is 2.07 bits per heavy atom. The van der Waals surface area contributed by atoms with Gasteiger partial charge in [-0.1, -0.05) is 50.5 Å². The van der Waals surface area contributed by atoms with Crippen molar-refractivity contribution >= 4 is 11.8 Å². The van der Waals surface area contributed by atoms with E-state index in [1.807, 2.05) is 13.0 Å². The Bertz CT molecular complexity index is 573. The molecule has 0 aromatic heterocycles. The molecule has 0 aliphatic heterocycles. The van der Waals surface area contributed by atoms with Crippen LogP contribution in [0.2, 0.25) is 0 Å². The van der Waals surface area contributed by atoms with Gasteiger partial charge in [-0.05, 0) is 63.2 Å². The van der Waals surface area contributed by atoms with Gasteiger partial charge in [-0.3, -0.25) is 9.59 Å². The van der Waals surface area contributed by atoms with Crippen LogP contribution in [-0.2, 0) is 14.3 Å². The van der Waals surface area contributed by atoms with Crippen LogP contribution in [0.4, 0.5) is 0 Å². The van der Waals surface area contributed by atoms with Crippen molar-refractivity contribution in [1.82, 2.24) is 0 Å². The summed E-state index contributed by atoms with van der Waals surface area (Å²) >= 11 is 0. The number of aliphatic hydroxyl groups is 1. The van der Waals surface area contributed by atoms with Crippen molar-refractivity contribution in [3.63, 3.8) is 0 Å². The molecule has 2 saturated carbocycles. The molecule has 29 heavy (non-hydrogen) atoms. The maximum atomic E-state index is 12.3.